The summed E-state index contributed by atoms with van der Waals surface area (Å²) >= 11 is 5.79. The molecule has 1 heterocycles. The molecule has 0 N–H and O–H groups in total. The molecule has 2 rings (SSSR count). The minimum Gasteiger partial charge on any atom is -0.339 e. The van der Waals surface area contributed by atoms with Crippen LogP contribution in [0.2, 0.25) is 5.02 Å². The van der Waals surface area contributed by atoms with Crippen LogP contribution in [0.5, 0.6) is 0 Å². The van der Waals surface area contributed by atoms with Gasteiger partial charge in [0.05, 0.1) is 0 Å². The predicted molar refractivity (Wildman–Crippen MR) is 57.9 cm³/mol. The number of hydrogen-bond donors (Lipinski definition) is 0. The molecule has 0 aliphatic heterocycles. The second-order valence-electron chi connectivity index (χ2n) is 3.26. The largest absolute Gasteiger partial charge is 0.339 e. The van der Waals surface area contributed by atoms with Crippen LogP contribution in [-0.4, -0.2) is 10.1 Å². The van der Waals surface area contributed by atoms with Crippen LogP contribution in [0.3, 0.4) is 0 Å². The zero-order valence-corrected chi connectivity index (χ0v) is 9.16. The maximum atomic E-state index is 5.79. The number of aromatic nitrogens is 2. The number of benzene rings is 1. The van der Waals surface area contributed by atoms with Crippen LogP contribution in [0, 0.1) is 0 Å². The minimum absolute atomic E-state index is 0.680. The summed E-state index contributed by atoms with van der Waals surface area (Å²) in [6, 6.07) is 7.64. The molecule has 1 aromatic heterocycles. The maximum Gasteiger partial charge on any atom is 0.226 e. The Morgan fingerprint density at radius 2 is 2.00 bits per heavy atom. The molecular weight excluding hydrogens is 212 g/mol. The molecule has 0 aliphatic carbocycles. The van der Waals surface area contributed by atoms with Crippen molar-refractivity contribution in [2.75, 3.05) is 0 Å². The molecular formula is C11H11ClN2O. The van der Waals surface area contributed by atoms with E-state index in [-0.39, 0.29) is 0 Å². The fraction of sp³-hybridized carbons (Fsp3) is 0.273. The molecule has 0 saturated carbocycles. The molecule has 0 radical (unpaired) electrons. The normalized spacial score (nSPS) is 10.5. The minimum atomic E-state index is 0.680. The van der Waals surface area contributed by atoms with Crippen molar-refractivity contribution in [1.82, 2.24) is 10.1 Å². The second kappa shape index (κ2) is 4.45. The summed E-state index contributed by atoms with van der Waals surface area (Å²) < 4.78 is 5.02. The molecule has 78 valence electrons. The van der Waals surface area contributed by atoms with Gasteiger partial charge in [-0.15, -0.1) is 0 Å². The molecule has 4 heteroatoms. The third kappa shape index (κ3) is 2.57. The van der Waals surface area contributed by atoms with E-state index < -0.39 is 0 Å². The van der Waals surface area contributed by atoms with Crippen molar-refractivity contribution < 1.29 is 4.52 Å². The first-order chi connectivity index (χ1) is 7.28. The number of rotatable bonds is 3. The van der Waals surface area contributed by atoms with Crippen molar-refractivity contribution in [3.05, 3.63) is 46.6 Å². The molecule has 15 heavy (non-hydrogen) atoms. The Balaban J connectivity index is 2.11. The third-order valence-electron chi connectivity index (χ3n) is 2.09. The van der Waals surface area contributed by atoms with E-state index in [1.165, 1.54) is 0 Å². The Kier molecular flexibility index (Phi) is 3.02. The smallest absolute Gasteiger partial charge is 0.226 e. The van der Waals surface area contributed by atoms with Gasteiger partial charge >= 0.3 is 0 Å². The lowest BCUT2D eigenvalue weighted by molar-refractivity contribution is 0.377. The Morgan fingerprint density at radius 1 is 1.27 bits per heavy atom. The quantitative estimate of drug-likeness (QED) is 0.802. The van der Waals surface area contributed by atoms with E-state index >= 15 is 0 Å². The van der Waals surface area contributed by atoms with E-state index in [0.29, 0.717) is 18.1 Å². The van der Waals surface area contributed by atoms with Crippen molar-refractivity contribution in [3.63, 3.8) is 0 Å². The van der Waals surface area contributed by atoms with Crippen LogP contribution in [-0.2, 0) is 12.8 Å². The van der Waals surface area contributed by atoms with Gasteiger partial charge in [-0.1, -0.05) is 35.8 Å². The van der Waals surface area contributed by atoms with Crippen molar-refractivity contribution in [2.24, 2.45) is 0 Å². The predicted octanol–water partition coefficient (Wildman–Crippen LogP) is 2.88. The molecule has 0 spiro atoms. The van der Waals surface area contributed by atoms with Crippen LogP contribution in [0.4, 0.5) is 0 Å². The molecule has 0 bridgehead atoms. The molecule has 0 aliphatic rings. The Morgan fingerprint density at radius 3 is 2.60 bits per heavy atom. The van der Waals surface area contributed by atoms with E-state index in [9.17, 15) is 0 Å². The van der Waals surface area contributed by atoms with Gasteiger partial charge in [0.25, 0.3) is 0 Å². The fourth-order valence-electron chi connectivity index (χ4n) is 1.29. The van der Waals surface area contributed by atoms with E-state index in [1.54, 1.807) is 0 Å². The van der Waals surface area contributed by atoms with Crippen molar-refractivity contribution in [3.8, 4) is 0 Å². The van der Waals surface area contributed by atoms with Gasteiger partial charge in [-0.2, -0.15) is 4.98 Å². The zero-order valence-electron chi connectivity index (χ0n) is 8.40. The summed E-state index contributed by atoms with van der Waals surface area (Å²) in [5.74, 6) is 1.40. The fourth-order valence-corrected chi connectivity index (χ4v) is 1.42. The molecule has 0 unspecified atom stereocenters. The lowest BCUT2D eigenvalue weighted by Gasteiger charge is -1.95. The molecule has 0 amide bonds. The first-order valence-electron chi connectivity index (χ1n) is 4.84. The number of hydrogen-bond acceptors (Lipinski definition) is 3. The first kappa shape index (κ1) is 10.2. The molecule has 0 atom stereocenters. The Labute approximate surface area is 93.1 Å². The molecule has 3 nitrogen and oxygen atoms in total. The number of halogens is 1. The van der Waals surface area contributed by atoms with Crippen LogP contribution in [0.15, 0.2) is 28.8 Å². The van der Waals surface area contributed by atoms with Gasteiger partial charge in [-0.05, 0) is 17.7 Å². The Bertz CT molecular complexity index is 436. The third-order valence-corrected chi connectivity index (χ3v) is 2.34. The summed E-state index contributed by atoms with van der Waals surface area (Å²) in [7, 11) is 0. The summed E-state index contributed by atoms with van der Waals surface area (Å²) in [6.07, 6.45) is 1.45. The highest BCUT2D eigenvalue weighted by molar-refractivity contribution is 6.30. The van der Waals surface area contributed by atoms with Crippen LogP contribution >= 0.6 is 11.6 Å². The van der Waals surface area contributed by atoms with Gasteiger partial charge < -0.3 is 4.52 Å². The second-order valence-corrected chi connectivity index (χ2v) is 3.70. The monoisotopic (exact) mass is 222 g/mol. The van der Waals surface area contributed by atoms with Gasteiger partial charge in [0, 0.05) is 17.9 Å². The Hall–Kier alpha value is -1.35. The van der Waals surface area contributed by atoms with Gasteiger partial charge in [-0.25, -0.2) is 0 Å². The van der Waals surface area contributed by atoms with Crippen molar-refractivity contribution in [2.45, 2.75) is 19.8 Å². The van der Waals surface area contributed by atoms with Crippen molar-refractivity contribution in [1.29, 1.82) is 0 Å². The summed E-state index contributed by atoms with van der Waals surface area (Å²) in [6.45, 7) is 1.99. The average Bonchev–Trinajstić information content (AvgIpc) is 2.69. The SMILES string of the molecule is CCc1nc(Cc2ccc(Cl)cc2)no1. The van der Waals surface area contributed by atoms with E-state index in [0.717, 1.165) is 17.0 Å². The zero-order chi connectivity index (χ0) is 10.7. The molecule has 1 aromatic carbocycles. The molecule has 0 fully saturated rings. The standard InChI is InChI=1S/C11H11ClN2O/c1-2-11-13-10(14-15-11)7-8-3-5-9(12)6-4-8/h3-6H,2,7H2,1H3. The van der Waals surface area contributed by atoms with E-state index in [1.807, 2.05) is 31.2 Å². The van der Waals surface area contributed by atoms with Crippen LogP contribution in [0.25, 0.3) is 0 Å². The highest BCUT2D eigenvalue weighted by Gasteiger charge is 2.04. The molecule has 0 saturated heterocycles. The lowest BCUT2D eigenvalue weighted by Crippen LogP contribution is -1.90. The van der Waals surface area contributed by atoms with E-state index in [4.69, 9.17) is 16.1 Å². The van der Waals surface area contributed by atoms with Gasteiger partial charge in [0.1, 0.15) is 0 Å². The highest BCUT2D eigenvalue weighted by Crippen LogP contribution is 2.12. The lowest BCUT2D eigenvalue weighted by atomic mass is 10.1. The van der Waals surface area contributed by atoms with Gasteiger partial charge in [0.15, 0.2) is 5.82 Å². The van der Waals surface area contributed by atoms with Crippen molar-refractivity contribution >= 4 is 11.6 Å². The summed E-state index contributed by atoms with van der Waals surface area (Å²) in [5, 5.41) is 4.62. The van der Waals surface area contributed by atoms with Gasteiger partial charge in [-0.3, -0.25) is 0 Å². The summed E-state index contributed by atoms with van der Waals surface area (Å²) in [5.41, 5.74) is 1.13. The summed E-state index contributed by atoms with van der Waals surface area (Å²) in [4.78, 5) is 4.24. The average molecular weight is 223 g/mol. The molecule has 2 aromatic rings. The first-order valence-corrected chi connectivity index (χ1v) is 5.21. The van der Waals surface area contributed by atoms with Crippen LogP contribution in [0.1, 0.15) is 24.2 Å². The van der Waals surface area contributed by atoms with Gasteiger partial charge in [0.2, 0.25) is 5.89 Å². The highest BCUT2D eigenvalue weighted by atomic mass is 35.5. The number of aryl methyl sites for hydroxylation is 1. The number of nitrogens with zero attached hydrogens (tertiary/aromatic N) is 2. The van der Waals surface area contributed by atoms with Crippen LogP contribution < -0.4 is 0 Å². The van der Waals surface area contributed by atoms with E-state index in [2.05, 4.69) is 10.1 Å². The maximum absolute atomic E-state index is 5.79. The topological polar surface area (TPSA) is 38.9 Å².